The van der Waals surface area contributed by atoms with Gasteiger partial charge in [0.15, 0.2) is 5.78 Å². The fourth-order valence-corrected chi connectivity index (χ4v) is 1.21. The Morgan fingerprint density at radius 3 is 2.77 bits per heavy atom. The third-order valence-corrected chi connectivity index (χ3v) is 1.81. The summed E-state index contributed by atoms with van der Waals surface area (Å²) in [7, 11) is 0. The first-order chi connectivity index (χ1) is 6.09. The lowest BCUT2D eigenvalue weighted by molar-refractivity contribution is 0.0967. The van der Waals surface area contributed by atoms with Crippen molar-refractivity contribution in [2.24, 2.45) is 5.92 Å². The average molecular weight is 177 g/mol. The molecule has 0 aromatic carbocycles. The minimum absolute atomic E-state index is 0.209. The monoisotopic (exact) mass is 177 g/mol. The molecule has 0 radical (unpaired) electrons. The minimum atomic E-state index is 0.209. The molecule has 70 valence electrons. The molecule has 0 unspecified atom stereocenters. The smallest absolute Gasteiger partial charge is 0.163 e. The van der Waals surface area contributed by atoms with Gasteiger partial charge in [0.2, 0.25) is 0 Å². The quantitative estimate of drug-likeness (QED) is 0.664. The van der Waals surface area contributed by atoms with E-state index in [0.717, 1.165) is 11.3 Å². The van der Waals surface area contributed by atoms with Crippen molar-refractivity contribution in [3.8, 4) is 0 Å². The molecular formula is C11H15NO. The second-order valence-electron chi connectivity index (χ2n) is 3.71. The van der Waals surface area contributed by atoms with Gasteiger partial charge in [0.25, 0.3) is 0 Å². The molecule has 0 aliphatic rings. The van der Waals surface area contributed by atoms with Crippen molar-refractivity contribution in [1.29, 1.82) is 0 Å². The predicted molar refractivity (Wildman–Crippen MR) is 52.8 cm³/mol. The van der Waals surface area contributed by atoms with E-state index in [4.69, 9.17) is 0 Å². The van der Waals surface area contributed by atoms with Gasteiger partial charge in [0, 0.05) is 23.9 Å². The Hall–Kier alpha value is -1.18. The second kappa shape index (κ2) is 4.17. The Labute approximate surface area is 79.0 Å². The van der Waals surface area contributed by atoms with Crippen LogP contribution in [0.4, 0.5) is 0 Å². The first kappa shape index (κ1) is 9.90. The predicted octanol–water partition coefficient (Wildman–Crippen LogP) is 2.62. The molecule has 1 aromatic heterocycles. The van der Waals surface area contributed by atoms with Gasteiger partial charge in [0.05, 0.1) is 0 Å². The summed E-state index contributed by atoms with van der Waals surface area (Å²) in [5.74, 6) is 0.626. The maximum absolute atomic E-state index is 11.6. The highest BCUT2D eigenvalue weighted by Crippen LogP contribution is 2.09. The van der Waals surface area contributed by atoms with E-state index in [1.165, 1.54) is 0 Å². The maximum atomic E-state index is 11.6. The van der Waals surface area contributed by atoms with Crippen LogP contribution >= 0.6 is 0 Å². The number of hydrogen-bond acceptors (Lipinski definition) is 2. The van der Waals surface area contributed by atoms with Crippen LogP contribution in [-0.2, 0) is 0 Å². The van der Waals surface area contributed by atoms with Crippen LogP contribution in [0.2, 0.25) is 0 Å². The van der Waals surface area contributed by atoms with Crippen LogP contribution in [0.1, 0.15) is 36.3 Å². The van der Waals surface area contributed by atoms with Gasteiger partial charge in [-0.1, -0.05) is 13.8 Å². The zero-order chi connectivity index (χ0) is 9.84. The maximum Gasteiger partial charge on any atom is 0.163 e. The van der Waals surface area contributed by atoms with Crippen LogP contribution in [0.3, 0.4) is 0 Å². The number of nitrogens with zero attached hydrogens (tertiary/aromatic N) is 1. The van der Waals surface area contributed by atoms with Crippen LogP contribution in [0, 0.1) is 12.8 Å². The lowest BCUT2D eigenvalue weighted by atomic mass is 10.0. The molecule has 0 N–H and O–H groups in total. The third-order valence-electron chi connectivity index (χ3n) is 1.81. The number of carbonyl (C=O) groups is 1. The third kappa shape index (κ3) is 2.98. The summed E-state index contributed by atoms with van der Waals surface area (Å²) in [6.07, 6.45) is 2.30. The van der Waals surface area contributed by atoms with Gasteiger partial charge in [-0.05, 0) is 25.0 Å². The Bertz CT molecular complexity index is 305. The van der Waals surface area contributed by atoms with Crippen molar-refractivity contribution in [1.82, 2.24) is 4.98 Å². The van der Waals surface area contributed by atoms with E-state index < -0.39 is 0 Å². The average Bonchev–Trinajstić information content (AvgIpc) is 2.03. The molecule has 0 atom stereocenters. The molecule has 0 saturated heterocycles. The molecule has 1 aromatic rings. The Morgan fingerprint density at radius 1 is 1.54 bits per heavy atom. The van der Waals surface area contributed by atoms with E-state index >= 15 is 0 Å². The molecule has 1 rings (SSSR count). The summed E-state index contributed by atoms with van der Waals surface area (Å²) in [6.45, 7) is 5.99. The summed E-state index contributed by atoms with van der Waals surface area (Å²) in [5.41, 5.74) is 1.68. The van der Waals surface area contributed by atoms with Gasteiger partial charge in [-0.15, -0.1) is 0 Å². The van der Waals surface area contributed by atoms with E-state index in [1.807, 2.05) is 26.8 Å². The molecular weight excluding hydrogens is 162 g/mol. The lowest BCUT2D eigenvalue weighted by Gasteiger charge is -2.03. The number of hydrogen-bond donors (Lipinski definition) is 0. The molecule has 2 heteroatoms. The van der Waals surface area contributed by atoms with E-state index in [9.17, 15) is 4.79 Å². The highest BCUT2D eigenvalue weighted by Gasteiger charge is 2.07. The van der Waals surface area contributed by atoms with Crippen molar-refractivity contribution in [3.63, 3.8) is 0 Å². The Morgan fingerprint density at radius 2 is 2.23 bits per heavy atom. The summed E-state index contributed by atoms with van der Waals surface area (Å²) in [5, 5.41) is 0. The highest BCUT2D eigenvalue weighted by atomic mass is 16.1. The summed E-state index contributed by atoms with van der Waals surface area (Å²) >= 11 is 0. The van der Waals surface area contributed by atoms with Crippen molar-refractivity contribution < 1.29 is 4.79 Å². The molecule has 2 nitrogen and oxygen atoms in total. The van der Waals surface area contributed by atoms with Crippen LogP contribution in [-0.4, -0.2) is 10.8 Å². The lowest BCUT2D eigenvalue weighted by Crippen LogP contribution is -2.03. The molecule has 0 saturated carbocycles. The largest absolute Gasteiger partial charge is 0.294 e. The molecule has 0 bridgehead atoms. The van der Waals surface area contributed by atoms with E-state index in [-0.39, 0.29) is 5.78 Å². The van der Waals surface area contributed by atoms with E-state index in [0.29, 0.717) is 12.3 Å². The van der Waals surface area contributed by atoms with Crippen LogP contribution in [0.5, 0.6) is 0 Å². The zero-order valence-corrected chi connectivity index (χ0v) is 8.37. The summed E-state index contributed by atoms with van der Waals surface area (Å²) in [6, 6.07) is 3.61. The first-order valence-electron chi connectivity index (χ1n) is 4.55. The summed E-state index contributed by atoms with van der Waals surface area (Å²) < 4.78 is 0. The standard InChI is InChI=1S/C11H15NO/c1-8(2)6-11(13)10-4-5-12-9(3)7-10/h4-5,7-8H,6H2,1-3H3. The van der Waals surface area contributed by atoms with Gasteiger partial charge < -0.3 is 0 Å². The second-order valence-corrected chi connectivity index (χ2v) is 3.71. The van der Waals surface area contributed by atoms with Gasteiger partial charge >= 0.3 is 0 Å². The van der Waals surface area contributed by atoms with E-state index in [1.54, 1.807) is 12.3 Å². The molecule has 0 spiro atoms. The van der Waals surface area contributed by atoms with E-state index in [2.05, 4.69) is 4.98 Å². The molecule has 0 fully saturated rings. The molecule has 0 amide bonds. The minimum Gasteiger partial charge on any atom is -0.294 e. The molecule has 0 aliphatic heterocycles. The number of aromatic nitrogens is 1. The van der Waals surface area contributed by atoms with Crippen molar-refractivity contribution in [3.05, 3.63) is 29.6 Å². The highest BCUT2D eigenvalue weighted by molar-refractivity contribution is 5.96. The number of pyridine rings is 1. The van der Waals surface area contributed by atoms with Crippen molar-refractivity contribution in [2.45, 2.75) is 27.2 Å². The topological polar surface area (TPSA) is 30.0 Å². The van der Waals surface area contributed by atoms with Gasteiger partial charge in [-0.25, -0.2) is 0 Å². The number of rotatable bonds is 3. The Kier molecular flexibility index (Phi) is 3.18. The fraction of sp³-hybridized carbons (Fsp3) is 0.455. The molecule has 0 aliphatic carbocycles. The Balaban J connectivity index is 2.77. The number of aryl methyl sites for hydroxylation is 1. The zero-order valence-electron chi connectivity index (χ0n) is 8.37. The van der Waals surface area contributed by atoms with Crippen molar-refractivity contribution in [2.75, 3.05) is 0 Å². The molecule has 1 heterocycles. The van der Waals surface area contributed by atoms with Crippen LogP contribution in [0.25, 0.3) is 0 Å². The van der Waals surface area contributed by atoms with Crippen LogP contribution in [0.15, 0.2) is 18.3 Å². The number of carbonyl (C=O) groups excluding carboxylic acids is 1. The molecule has 13 heavy (non-hydrogen) atoms. The van der Waals surface area contributed by atoms with Crippen LogP contribution < -0.4 is 0 Å². The number of Topliss-reactive ketones (excluding diaryl/α,β-unsaturated/α-hetero) is 1. The fourth-order valence-electron chi connectivity index (χ4n) is 1.21. The van der Waals surface area contributed by atoms with Gasteiger partial charge in [0.1, 0.15) is 0 Å². The first-order valence-corrected chi connectivity index (χ1v) is 4.55. The number of ketones is 1. The van der Waals surface area contributed by atoms with Gasteiger partial charge in [-0.2, -0.15) is 0 Å². The SMILES string of the molecule is Cc1cc(C(=O)CC(C)C)ccn1. The summed E-state index contributed by atoms with van der Waals surface area (Å²) in [4.78, 5) is 15.6. The van der Waals surface area contributed by atoms with Gasteiger partial charge in [-0.3, -0.25) is 9.78 Å². The normalized spacial score (nSPS) is 10.5. The van der Waals surface area contributed by atoms with Crippen molar-refractivity contribution >= 4 is 5.78 Å².